The smallest absolute Gasteiger partial charge is 0.265 e. The first-order valence-corrected chi connectivity index (χ1v) is 8.96. The molecule has 1 atom stereocenters. The van der Waals surface area contributed by atoms with Gasteiger partial charge in [-0.15, -0.1) is 11.3 Å². The second-order valence-electron chi connectivity index (χ2n) is 6.07. The monoisotopic (exact) mass is 333 g/mol. The van der Waals surface area contributed by atoms with Gasteiger partial charge in [-0.1, -0.05) is 6.92 Å². The number of hydrogen-bond donors (Lipinski definition) is 0. The number of amides is 1. The van der Waals surface area contributed by atoms with Crippen molar-refractivity contribution in [1.82, 2.24) is 24.6 Å². The topological polar surface area (TPSA) is 63.9 Å². The molecule has 1 saturated heterocycles. The first-order valence-electron chi connectivity index (χ1n) is 8.15. The Morgan fingerprint density at radius 2 is 2.09 bits per heavy atom. The van der Waals surface area contributed by atoms with E-state index in [1.807, 2.05) is 30.4 Å². The molecule has 0 aliphatic carbocycles. The summed E-state index contributed by atoms with van der Waals surface area (Å²) in [6.45, 7) is 9.38. The Morgan fingerprint density at radius 1 is 1.30 bits per heavy atom. The van der Waals surface area contributed by atoms with Gasteiger partial charge in [-0.3, -0.25) is 4.79 Å². The highest BCUT2D eigenvalue weighted by molar-refractivity contribution is 7.13. The second kappa shape index (κ2) is 6.39. The van der Waals surface area contributed by atoms with Gasteiger partial charge in [-0.25, -0.2) is 14.6 Å². The van der Waals surface area contributed by atoms with E-state index in [1.54, 1.807) is 0 Å². The molecule has 1 fully saturated rings. The maximum atomic E-state index is 12.9. The number of carbonyl (C=O) groups excluding carboxylic acids is 1. The summed E-state index contributed by atoms with van der Waals surface area (Å²) in [7, 11) is 0. The molecule has 0 unspecified atom stereocenters. The van der Waals surface area contributed by atoms with Crippen LogP contribution in [0.2, 0.25) is 0 Å². The lowest BCUT2D eigenvalue weighted by molar-refractivity contribution is 0.0675. The summed E-state index contributed by atoms with van der Waals surface area (Å²) in [4.78, 5) is 24.5. The molecule has 23 heavy (non-hydrogen) atoms. The molecule has 124 valence electrons. The molecular weight excluding hydrogens is 310 g/mol. The second-order valence-corrected chi connectivity index (χ2v) is 7.16. The van der Waals surface area contributed by atoms with E-state index in [4.69, 9.17) is 0 Å². The number of likely N-dealkylation sites (tertiary alicyclic amines) is 1. The molecule has 0 spiro atoms. The van der Waals surface area contributed by atoms with Crippen LogP contribution in [0.4, 0.5) is 0 Å². The van der Waals surface area contributed by atoms with Crippen LogP contribution in [0.3, 0.4) is 0 Å². The highest BCUT2D eigenvalue weighted by atomic mass is 32.1. The van der Waals surface area contributed by atoms with E-state index in [9.17, 15) is 4.79 Å². The average Bonchev–Trinajstić information content (AvgIpc) is 3.08. The summed E-state index contributed by atoms with van der Waals surface area (Å²) in [5, 5.41) is 5.52. The summed E-state index contributed by atoms with van der Waals surface area (Å²) in [6, 6.07) is 0.216. The van der Waals surface area contributed by atoms with Crippen molar-refractivity contribution in [1.29, 1.82) is 0 Å². The summed E-state index contributed by atoms with van der Waals surface area (Å²) in [6.07, 6.45) is 2.90. The number of carbonyl (C=O) groups is 1. The lowest BCUT2D eigenvalue weighted by Gasteiger charge is -2.32. The molecule has 1 aliphatic rings. The predicted octanol–water partition coefficient (Wildman–Crippen LogP) is 2.70. The Hall–Kier alpha value is -1.76. The molecule has 2 aromatic rings. The summed E-state index contributed by atoms with van der Waals surface area (Å²) >= 11 is 1.53. The molecule has 2 aromatic heterocycles. The van der Waals surface area contributed by atoms with E-state index in [1.165, 1.54) is 11.3 Å². The molecule has 1 aliphatic heterocycles. The molecule has 7 heteroatoms. The number of rotatable bonds is 3. The van der Waals surface area contributed by atoms with Gasteiger partial charge in [0.1, 0.15) is 16.5 Å². The molecule has 3 rings (SSSR count). The lowest BCUT2D eigenvalue weighted by atomic mass is 10.1. The third-order valence-electron chi connectivity index (χ3n) is 4.27. The molecule has 6 nitrogen and oxygen atoms in total. The van der Waals surface area contributed by atoms with Gasteiger partial charge in [0.05, 0.1) is 16.7 Å². The van der Waals surface area contributed by atoms with Gasteiger partial charge in [0.25, 0.3) is 5.91 Å². The van der Waals surface area contributed by atoms with Crippen molar-refractivity contribution in [3.05, 3.63) is 27.2 Å². The number of nitrogens with zero attached hydrogens (tertiary/aromatic N) is 5. The van der Waals surface area contributed by atoms with Crippen LogP contribution < -0.4 is 0 Å². The quantitative estimate of drug-likeness (QED) is 0.866. The van der Waals surface area contributed by atoms with Crippen molar-refractivity contribution < 1.29 is 4.79 Å². The van der Waals surface area contributed by atoms with Crippen molar-refractivity contribution in [3.8, 4) is 0 Å². The van der Waals surface area contributed by atoms with Gasteiger partial charge in [0, 0.05) is 13.1 Å². The molecule has 0 aromatic carbocycles. The molecule has 0 radical (unpaired) electrons. The zero-order valence-electron chi connectivity index (χ0n) is 14.2. The standard InChI is InChI=1S/C16H23N5OS/c1-5-14-17-10(2)15(23-14)16(22)20-8-6-7-13(9-20)21-12(4)18-11(3)19-21/h13H,5-9H2,1-4H3/t13-/m1/s1. The third kappa shape index (κ3) is 3.15. The van der Waals surface area contributed by atoms with E-state index in [0.29, 0.717) is 6.54 Å². The average molecular weight is 333 g/mol. The number of hydrogen-bond acceptors (Lipinski definition) is 5. The van der Waals surface area contributed by atoms with E-state index in [2.05, 4.69) is 22.0 Å². The number of aromatic nitrogens is 4. The molecule has 3 heterocycles. The lowest BCUT2D eigenvalue weighted by Crippen LogP contribution is -2.41. The van der Waals surface area contributed by atoms with Crippen LogP contribution in [0.5, 0.6) is 0 Å². The third-order valence-corrected chi connectivity index (χ3v) is 5.56. The Bertz CT molecular complexity index is 720. The van der Waals surface area contributed by atoms with Crippen molar-refractivity contribution >= 4 is 17.2 Å². The van der Waals surface area contributed by atoms with Crippen LogP contribution in [0.1, 0.15) is 57.8 Å². The first kappa shape index (κ1) is 16.1. The number of aryl methyl sites for hydroxylation is 4. The van der Waals surface area contributed by atoms with Gasteiger partial charge in [0.2, 0.25) is 0 Å². The first-order chi connectivity index (χ1) is 11.0. The van der Waals surface area contributed by atoms with Crippen LogP contribution in [-0.4, -0.2) is 43.6 Å². The fourth-order valence-corrected chi connectivity index (χ4v) is 4.14. The minimum atomic E-state index is 0.110. The van der Waals surface area contributed by atoms with E-state index in [-0.39, 0.29) is 11.9 Å². The van der Waals surface area contributed by atoms with Crippen LogP contribution in [0.25, 0.3) is 0 Å². The van der Waals surface area contributed by atoms with Crippen LogP contribution >= 0.6 is 11.3 Å². The van der Waals surface area contributed by atoms with Gasteiger partial charge < -0.3 is 4.90 Å². The Kier molecular flexibility index (Phi) is 4.48. The number of thiazole rings is 1. The fourth-order valence-electron chi connectivity index (χ4n) is 3.17. The highest BCUT2D eigenvalue weighted by Gasteiger charge is 2.29. The minimum Gasteiger partial charge on any atom is -0.336 e. The maximum absolute atomic E-state index is 12.9. The molecular formula is C16H23N5OS. The van der Waals surface area contributed by atoms with Crippen LogP contribution in [0, 0.1) is 20.8 Å². The molecule has 0 N–H and O–H groups in total. The summed E-state index contributed by atoms with van der Waals surface area (Å²) in [5.41, 5.74) is 0.853. The SMILES string of the molecule is CCc1nc(C)c(C(=O)N2CCC[C@@H](n3nc(C)nc3C)C2)s1. The zero-order valence-corrected chi connectivity index (χ0v) is 15.0. The molecule has 0 bridgehead atoms. The van der Waals surface area contributed by atoms with Gasteiger partial charge in [-0.05, 0) is 40.0 Å². The maximum Gasteiger partial charge on any atom is 0.265 e. The molecule has 1 amide bonds. The highest BCUT2D eigenvalue weighted by Crippen LogP contribution is 2.26. The summed E-state index contributed by atoms with van der Waals surface area (Å²) in [5.74, 6) is 1.82. The van der Waals surface area contributed by atoms with Crippen molar-refractivity contribution in [2.75, 3.05) is 13.1 Å². The van der Waals surface area contributed by atoms with Crippen molar-refractivity contribution in [2.24, 2.45) is 0 Å². The van der Waals surface area contributed by atoms with Crippen LogP contribution in [-0.2, 0) is 6.42 Å². The van der Waals surface area contributed by atoms with E-state index >= 15 is 0 Å². The van der Waals surface area contributed by atoms with Crippen molar-refractivity contribution in [3.63, 3.8) is 0 Å². The van der Waals surface area contributed by atoms with Crippen molar-refractivity contribution in [2.45, 2.75) is 53.0 Å². The minimum absolute atomic E-state index is 0.110. The Morgan fingerprint density at radius 3 is 2.70 bits per heavy atom. The van der Waals surface area contributed by atoms with Gasteiger partial charge in [0.15, 0.2) is 0 Å². The van der Waals surface area contributed by atoms with Gasteiger partial charge >= 0.3 is 0 Å². The Balaban J connectivity index is 1.79. The van der Waals surface area contributed by atoms with Gasteiger partial charge in [-0.2, -0.15) is 5.10 Å². The Labute approximate surface area is 140 Å². The number of piperidine rings is 1. The normalized spacial score (nSPS) is 18.4. The van der Waals surface area contributed by atoms with Crippen LogP contribution in [0.15, 0.2) is 0 Å². The predicted molar refractivity (Wildman–Crippen MR) is 89.9 cm³/mol. The van der Waals surface area contributed by atoms with E-state index < -0.39 is 0 Å². The zero-order chi connectivity index (χ0) is 16.6. The fraction of sp³-hybridized carbons (Fsp3) is 0.625. The largest absolute Gasteiger partial charge is 0.336 e. The molecule has 0 saturated carbocycles. The van der Waals surface area contributed by atoms with E-state index in [0.717, 1.165) is 53.0 Å². The summed E-state index contributed by atoms with van der Waals surface area (Å²) < 4.78 is 1.98.